The second kappa shape index (κ2) is 10.6. The Balaban J connectivity index is 1.40. The number of halogens is 2. The van der Waals surface area contributed by atoms with E-state index in [1.165, 1.54) is 17.0 Å². The van der Waals surface area contributed by atoms with Crippen LogP contribution in [-0.2, 0) is 14.3 Å². The molecule has 2 aromatic rings. The molecule has 180 valence electrons. The van der Waals surface area contributed by atoms with Gasteiger partial charge in [-0.1, -0.05) is 0 Å². The van der Waals surface area contributed by atoms with Crippen LogP contribution in [0.15, 0.2) is 36.4 Å². The Hall–Kier alpha value is -3.53. The molecule has 0 aliphatic carbocycles. The Kier molecular flexibility index (Phi) is 7.36. The number of ether oxygens (including phenoxy) is 3. The van der Waals surface area contributed by atoms with Crippen LogP contribution in [0.1, 0.15) is 23.2 Å². The third-order valence-electron chi connectivity index (χ3n) is 5.61. The molecule has 0 bridgehead atoms. The van der Waals surface area contributed by atoms with Crippen LogP contribution in [0.2, 0.25) is 0 Å². The lowest BCUT2D eigenvalue weighted by Crippen LogP contribution is -2.42. The van der Waals surface area contributed by atoms with Gasteiger partial charge in [-0.15, -0.1) is 0 Å². The van der Waals surface area contributed by atoms with Crippen molar-refractivity contribution in [3.8, 4) is 11.5 Å². The molecule has 0 atom stereocenters. The van der Waals surface area contributed by atoms with Gasteiger partial charge in [-0.3, -0.25) is 14.4 Å². The SMILES string of the molecule is O=C(COc1ccc(F)cc1F)c1ccc2c(c1)N(CCCC(=O)N1CCOCC1)C(=O)CO2. The number of rotatable bonds is 8. The van der Waals surface area contributed by atoms with Gasteiger partial charge in [0.1, 0.15) is 11.6 Å². The van der Waals surface area contributed by atoms with Gasteiger partial charge in [-0.05, 0) is 36.8 Å². The third kappa shape index (κ3) is 5.51. The minimum Gasteiger partial charge on any atom is -0.482 e. The normalized spacial score (nSPS) is 15.5. The number of amides is 2. The van der Waals surface area contributed by atoms with Crippen molar-refractivity contribution in [3.63, 3.8) is 0 Å². The Labute approximate surface area is 195 Å². The number of nitrogens with zero attached hydrogens (tertiary/aromatic N) is 2. The molecule has 0 unspecified atom stereocenters. The van der Waals surface area contributed by atoms with E-state index in [0.717, 1.165) is 12.1 Å². The van der Waals surface area contributed by atoms with Crippen molar-refractivity contribution in [1.29, 1.82) is 0 Å². The maximum Gasteiger partial charge on any atom is 0.265 e. The maximum absolute atomic E-state index is 13.7. The average Bonchev–Trinajstić information content (AvgIpc) is 2.84. The molecule has 1 saturated heterocycles. The maximum atomic E-state index is 13.7. The van der Waals surface area contributed by atoms with Crippen molar-refractivity contribution in [1.82, 2.24) is 4.90 Å². The molecule has 4 rings (SSSR count). The van der Waals surface area contributed by atoms with E-state index in [1.807, 2.05) is 0 Å². The first-order valence-electron chi connectivity index (χ1n) is 11.0. The fourth-order valence-electron chi connectivity index (χ4n) is 3.80. The highest BCUT2D eigenvalue weighted by Crippen LogP contribution is 2.33. The van der Waals surface area contributed by atoms with Crippen LogP contribution < -0.4 is 14.4 Å². The summed E-state index contributed by atoms with van der Waals surface area (Å²) in [7, 11) is 0. The highest BCUT2D eigenvalue weighted by molar-refractivity contribution is 6.02. The van der Waals surface area contributed by atoms with Gasteiger partial charge < -0.3 is 24.0 Å². The molecule has 34 heavy (non-hydrogen) atoms. The fraction of sp³-hybridized carbons (Fsp3) is 0.375. The van der Waals surface area contributed by atoms with Crippen LogP contribution in [0, 0.1) is 11.6 Å². The third-order valence-corrected chi connectivity index (χ3v) is 5.61. The van der Waals surface area contributed by atoms with E-state index in [-0.39, 0.29) is 36.2 Å². The molecular weight excluding hydrogens is 450 g/mol. The van der Waals surface area contributed by atoms with Crippen LogP contribution in [0.25, 0.3) is 0 Å². The summed E-state index contributed by atoms with van der Waals surface area (Å²) >= 11 is 0. The van der Waals surface area contributed by atoms with Gasteiger partial charge in [-0.25, -0.2) is 8.78 Å². The zero-order chi connectivity index (χ0) is 24.1. The van der Waals surface area contributed by atoms with Crippen LogP contribution in [-0.4, -0.2) is 68.6 Å². The van der Waals surface area contributed by atoms with Crippen molar-refractivity contribution in [3.05, 3.63) is 53.6 Å². The van der Waals surface area contributed by atoms with Crippen molar-refractivity contribution in [2.75, 3.05) is 51.0 Å². The number of carbonyl (C=O) groups excluding carboxylic acids is 3. The first-order chi connectivity index (χ1) is 16.4. The summed E-state index contributed by atoms with van der Waals surface area (Å²) in [6.07, 6.45) is 0.738. The van der Waals surface area contributed by atoms with E-state index < -0.39 is 24.0 Å². The Morgan fingerprint density at radius 2 is 1.85 bits per heavy atom. The number of hydrogen-bond acceptors (Lipinski definition) is 6. The molecule has 1 fully saturated rings. The first kappa shape index (κ1) is 23.6. The molecule has 10 heteroatoms. The summed E-state index contributed by atoms with van der Waals surface area (Å²) in [5.74, 6) is -2.16. The van der Waals surface area contributed by atoms with Gasteiger partial charge in [0.25, 0.3) is 5.91 Å². The Bertz CT molecular complexity index is 1090. The predicted molar refractivity (Wildman–Crippen MR) is 117 cm³/mol. The molecule has 2 amide bonds. The molecule has 0 radical (unpaired) electrons. The van der Waals surface area contributed by atoms with Gasteiger partial charge in [-0.2, -0.15) is 0 Å². The minimum atomic E-state index is -0.907. The van der Waals surface area contributed by atoms with Crippen molar-refractivity contribution in [2.45, 2.75) is 12.8 Å². The quantitative estimate of drug-likeness (QED) is 0.547. The summed E-state index contributed by atoms with van der Waals surface area (Å²) in [6.45, 7) is 1.86. The highest BCUT2D eigenvalue weighted by Gasteiger charge is 2.27. The Morgan fingerprint density at radius 1 is 1.06 bits per heavy atom. The summed E-state index contributed by atoms with van der Waals surface area (Å²) in [4.78, 5) is 40.8. The number of ketones is 1. The second-order valence-electron chi connectivity index (χ2n) is 7.90. The zero-order valence-electron chi connectivity index (χ0n) is 18.4. The van der Waals surface area contributed by atoms with E-state index in [1.54, 1.807) is 11.0 Å². The summed E-state index contributed by atoms with van der Waals surface area (Å²) in [5, 5.41) is 0. The molecule has 0 aromatic heterocycles. The molecule has 2 aliphatic heterocycles. The lowest BCUT2D eigenvalue weighted by Gasteiger charge is -2.30. The van der Waals surface area contributed by atoms with E-state index in [2.05, 4.69) is 0 Å². The lowest BCUT2D eigenvalue weighted by molar-refractivity contribution is -0.135. The standard InChI is InChI=1S/C24H24F2N2O6/c25-17-4-6-21(18(26)13-17)33-14-20(29)16-3-5-22-19(12-16)28(24(31)15-34-22)7-1-2-23(30)27-8-10-32-11-9-27/h3-6,12-13H,1-2,7-11,14-15H2. The molecule has 0 saturated carbocycles. The van der Waals surface area contributed by atoms with Crippen LogP contribution in [0.3, 0.4) is 0 Å². The topological polar surface area (TPSA) is 85.4 Å². The van der Waals surface area contributed by atoms with Gasteiger partial charge >= 0.3 is 0 Å². The van der Waals surface area contributed by atoms with Crippen molar-refractivity contribution < 1.29 is 37.4 Å². The van der Waals surface area contributed by atoms with Crippen LogP contribution in [0.5, 0.6) is 11.5 Å². The zero-order valence-corrected chi connectivity index (χ0v) is 18.4. The fourth-order valence-corrected chi connectivity index (χ4v) is 3.80. The monoisotopic (exact) mass is 474 g/mol. The number of morpholine rings is 1. The van der Waals surface area contributed by atoms with Gasteiger partial charge in [0.05, 0.1) is 18.9 Å². The lowest BCUT2D eigenvalue weighted by atomic mass is 10.1. The smallest absolute Gasteiger partial charge is 0.265 e. The molecule has 2 aliphatic rings. The van der Waals surface area contributed by atoms with Crippen LogP contribution >= 0.6 is 0 Å². The van der Waals surface area contributed by atoms with E-state index in [0.29, 0.717) is 56.8 Å². The molecular formula is C24H24F2N2O6. The number of fused-ring (bicyclic) bond motifs is 1. The average molecular weight is 474 g/mol. The number of hydrogen-bond donors (Lipinski definition) is 0. The second-order valence-corrected chi connectivity index (χ2v) is 7.90. The number of anilines is 1. The van der Waals surface area contributed by atoms with E-state index in [4.69, 9.17) is 14.2 Å². The molecule has 0 spiro atoms. The first-order valence-corrected chi connectivity index (χ1v) is 11.0. The molecule has 2 aromatic carbocycles. The number of benzene rings is 2. The highest BCUT2D eigenvalue weighted by atomic mass is 19.1. The molecule has 2 heterocycles. The number of carbonyl (C=O) groups is 3. The number of Topliss-reactive ketones (excluding diaryl/α,β-unsaturated/α-hetero) is 1. The summed E-state index contributed by atoms with van der Waals surface area (Å²) < 4.78 is 42.7. The largest absolute Gasteiger partial charge is 0.482 e. The van der Waals surface area contributed by atoms with Gasteiger partial charge in [0.2, 0.25) is 5.91 Å². The van der Waals surface area contributed by atoms with Gasteiger partial charge in [0, 0.05) is 37.7 Å². The minimum absolute atomic E-state index is 0.0123. The van der Waals surface area contributed by atoms with E-state index in [9.17, 15) is 23.2 Å². The molecule has 0 N–H and O–H groups in total. The van der Waals surface area contributed by atoms with Crippen molar-refractivity contribution in [2.24, 2.45) is 0 Å². The molecule has 8 nitrogen and oxygen atoms in total. The predicted octanol–water partition coefficient (Wildman–Crippen LogP) is 2.59. The summed E-state index contributed by atoms with van der Waals surface area (Å²) in [5.41, 5.74) is 0.669. The van der Waals surface area contributed by atoms with Gasteiger partial charge in [0.15, 0.2) is 30.6 Å². The Morgan fingerprint density at radius 3 is 2.62 bits per heavy atom. The van der Waals surface area contributed by atoms with E-state index >= 15 is 0 Å². The van der Waals surface area contributed by atoms with Crippen LogP contribution in [0.4, 0.5) is 14.5 Å². The summed E-state index contributed by atoms with van der Waals surface area (Å²) in [6, 6.07) is 7.44. The van der Waals surface area contributed by atoms with Crippen molar-refractivity contribution >= 4 is 23.3 Å².